The Hall–Kier alpha value is -3.86. The third kappa shape index (κ3) is 5.06. The summed E-state index contributed by atoms with van der Waals surface area (Å²) in [5, 5.41) is 10.2. The molecule has 0 saturated carbocycles. The van der Waals surface area contributed by atoms with Crippen molar-refractivity contribution >= 4 is 29.2 Å². The van der Waals surface area contributed by atoms with Crippen LogP contribution in [0.1, 0.15) is 41.3 Å². The summed E-state index contributed by atoms with van der Waals surface area (Å²) in [6, 6.07) is 17.3. The number of ether oxygens (including phenoxy) is 4. The smallest absolute Gasteiger partial charge is 0.343 e. The van der Waals surface area contributed by atoms with Crippen LogP contribution < -0.4 is 24.7 Å². The molecule has 0 bridgehead atoms. The molecule has 1 aliphatic heterocycles. The summed E-state index contributed by atoms with van der Waals surface area (Å²) in [6.45, 7) is 4.63. The first-order valence-electron chi connectivity index (χ1n) is 11.1. The first-order valence-corrected chi connectivity index (χ1v) is 11.9. The Balaban J connectivity index is 1.63. The average Bonchev–Trinajstić information content (AvgIpc) is 2.86. The fourth-order valence-electron chi connectivity index (χ4n) is 3.89. The molecule has 0 saturated heterocycles. The fourth-order valence-corrected chi connectivity index (χ4v) is 4.49. The topological polar surface area (TPSA) is 104 Å². The highest BCUT2D eigenvalue weighted by molar-refractivity contribution is 6.37. The highest BCUT2D eigenvalue weighted by atomic mass is 35.5. The lowest BCUT2D eigenvalue weighted by atomic mass is 9.83. The normalized spacial score (nSPS) is 14.4. The Kier molecular flexibility index (Phi) is 7.58. The number of allylic oxidation sites excluding steroid dienone is 1. The maximum atomic E-state index is 12.8. The minimum atomic E-state index is -0.665. The number of hydrogen-bond donors (Lipinski definition) is 1. The van der Waals surface area contributed by atoms with Gasteiger partial charge in [0.05, 0.1) is 34.7 Å². The number of nitrogens with zero attached hydrogens (tertiary/aromatic N) is 1. The number of nitriles is 1. The number of esters is 1. The van der Waals surface area contributed by atoms with Crippen LogP contribution in [0.5, 0.6) is 23.0 Å². The minimum absolute atomic E-state index is 0.0163. The number of fused-ring (bicyclic) bond motifs is 1. The van der Waals surface area contributed by atoms with E-state index in [2.05, 4.69) is 6.07 Å². The van der Waals surface area contributed by atoms with Crippen LogP contribution >= 0.6 is 23.2 Å². The second-order valence-electron chi connectivity index (χ2n) is 7.72. The van der Waals surface area contributed by atoms with Gasteiger partial charge in [-0.3, -0.25) is 0 Å². The molecule has 1 atom stereocenters. The first-order chi connectivity index (χ1) is 17.4. The average molecular weight is 525 g/mol. The minimum Gasteiger partial charge on any atom is -0.494 e. The molecule has 0 fully saturated rings. The van der Waals surface area contributed by atoms with Crippen LogP contribution in [0, 0.1) is 11.3 Å². The summed E-state index contributed by atoms with van der Waals surface area (Å²) >= 11 is 12.4. The number of benzene rings is 3. The molecule has 7 nitrogen and oxygen atoms in total. The number of halogens is 2. The van der Waals surface area contributed by atoms with Crippen molar-refractivity contribution in [3.05, 3.63) is 92.8 Å². The first kappa shape index (κ1) is 25.2. The van der Waals surface area contributed by atoms with Crippen LogP contribution in [0.3, 0.4) is 0 Å². The van der Waals surface area contributed by atoms with Gasteiger partial charge in [0, 0.05) is 11.6 Å². The molecule has 0 aromatic heterocycles. The van der Waals surface area contributed by atoms with Crippen molar-refractivity contribution in [2.45, 2.75) is 19.8 Å². The monoisotopic (exact) mass is 524 g/mol. The van der Waals surface area contributed by atoms with Crippen LogP contribution in [0.4, 0.5) is 0 Å². The van der Waals surface area contributed by atoms with Gasteiger partial charge in [0.25, 0.3) is 0 Å². The number of carbonyl (C=O) groups excluding carboxylic acids is 1. The van der Waals surface area contributed by atoms with Crippen molar-refractivity contribution in [1.29, 1.82) is 5.26 Å². The Bertz CT molecular complexity index is 1360. The molecule has 0 aliphatic carbocycles. The van der Waals surface area contributed by atoms with Gasteiger partial charge in [-0.25, -0.2) is 4.79 Å². The van der Waals surface area contributed by atoms with Gasteiger partial charge in [0.2, 0.25) is 5.88 Å². The molecule has 0 radical (unpaired) electrons. The Morgan fingerprint density at radius 1 is 1.00 bits per heavy atom. The Morgan fingerprint density at radius 3 is 2.25 bits per heavy atom. The third-order valence-electron chi connectivity index (χ3n) is 5.45. The van der Waals surface area contributed by atoms with E-state index in [1.807, 2.05) is 31.2 Å². The Labute approximate surface area is 218 Å². The van der Waals surface area contributed by atoms with Crippen LogP contribution in [-0.2, 0) is 0 Å². The van der Waals surface area contributed by atoms with Gasteiger partial charge >= 0.3 is 5.97 Å². The molecular weight excluding hydrogens is 503 g/mol. The van der Waals surface area contributed by atoms with E-state index >= 15 is 0 Å². The molecule has 3 aromatic carbocycles. The van der Waals surface area contributed by atoms with Crippen molar-refractivity contribution < 1.29 is 23.7 Å². The molecular formula is C27H22Cl2N2O5. The molecule has 184 valence electrons. The lowest BCUT2D eigenvalue weighted by molar-refractivity contribution is 0.0734. The van der Waals surface area contributed by atoms with E-state index in [-0.39, 0.29) is 32.8 Å². The van der Waals surface area contributed by atoms with E-state index in [1.54, 1.807) is 25.1 Å². The Morgan fingerprint density at radius 2 is 1.64 bits per heavy atom. The fraction of sp³-hybridized carbons (Fsp3) is 0.185. The molecule has 1 heterocycles. The summed E-state index contributed by atoms with van der Waals surface area (Å²) in [4.78, 5) is 12.8. The highest BCUT2D eigenvalue weighted by Gasteiger charge is 2.31. The second kappa shape index (κ2) is 10.8. The number of nitrogens with two attached hydrogens (primary N) is 1. The molecule has 1 unspecified atom stereocenters. The predicted molar refractivity (Wildman–Crippen MR) is 136 cm³/mol. The van der Waals surface area contributed by atoms with Gasteiger partial charge in [-0.05, 0) is 49.7 Å². The molecule has 36 heavy (non-hydrogen) atoms. The third-order valence-corrected chi connectivity index (χ3v) is 6.01. The summed E-state index contributed by atoms with van der Waals surface area (Å²) in [7, 11) is 0. The second-order valence-corrected chi connectivity index (χ2v) is 8.53. The molecule has 9 heteroatoms. The van der Waals surface area contributed by atoms with E-state index in [9.17, 15) is 10.1 Å². The summed E-state index contributed by atoms with van der Waals surface area (Å²) in [6.07, 6.45) is 0. The summed E-state index contributed by atoms with van der Waals surface area (Å²) in [5.74, 6) is 0.482. The summed E-state index contributed by atoms with van der Waals surface area (Å²) in [5.41, 5.74) is 8.07. The molecule has 4 rings (SSSR count). The van der Waals surface area contributed by atoms with E-state index in [0.29, 0.717) is 30.3 Å². The van der Waals surface area contributed by atoms with Crippen LogP contribution in [0.15, 0.2) is 66.1 Å². The van der Waals surface area contributed by atoms with E-state index in [1.165, 1.54) is 12.1 Å². The quantitative estimate of drug-likeness (QED) is 0.288. The zero-order valence-electron chi connectivity index (χ0n) is 19.5. The van der Waals surface area contributed by atoms with E-state index < -0.39 is 11.9 Å². The molecule has 0 spiro atoms. The van der Waals surface area contributed by atoms with E-state index in [0.717, 1.165) is 11.3 Å². The number of carbonyl (C=O) groups is 1. The number of rotatable bonds is 7. The van der Waals surface area contributed by atoms with Crippen LogP contribution in [0.25, 0.3) is 0 Å². The van der Waals surface area contributed by atoms with Crippen LogP contribution in [0.2, 0.25) is 10.0 Å². The van der Waals surface area contributed by atoms with Crippen molar-refractivity contribution in [3.8, 4) is 29.1 Å². The SMILES string of the molecule is CCOc1ccc(C2C(C#N)=C(N)Oc3cc(OC(=O)c4cc(Cl)c(OCC)c(Cl)c4)ccc32)cc1. The van der Waals surface area contributed by atoms with Crippen molar-refractivity contribution in [2.24, 2.45) is 5.73 Å². The van der Waals surface area contributed by atoms with Gasteiger partial charge in [-0.15, -0.1) is 0 Å². The molecule has 2 N–H and O–H groups in total. The van der Waals surface area contributed by atoms with Gasteiger partial charge < -0.3 is 24.7 Å². The molecule has 0 amide bonds. The van der Waals surface area contributed by atoms with Gasteiger partial charge in [0.15, 0.2) is 5.75 Å². The lowest BCUT2D eigenvalue weighted by Gasteiger charge is -2.26. The zero-order chi connectivity index (χ0) is 25.8. The summed E-state index contributed by atoms with van der Waals surface area (Å²) < 4.78 is 22.2. The molecule has 1 aliphatic rings. The van der Waals surface area contributed by atoms with Crippen LogP contribution in [-0.4, -0.2) is 19.2 Å². The van der Waals surface area contributed by atoms with Gasteiger partial charge in [-0.2, -0.15) is 5.26 Å². The maximum Gasteiger partial charge on any atom is 0.343 e. The predicted octanol–water partition coefficient (Wildman–Crippen LogP) is 6.23. The van der Waals surface area contributed by atoms with Gasteiger partial charge in [-0.1, -0.05) is 41.4 Å². The van der Waals surface area contributed by atoms with Crippen molar-refractivity contribution in [3.63, 3.8) is 0 Å². The van der Waals surface area contributed by atoms with Gasteiger partial charge in [0.1, 0.15) is 28.9 Å². The standard InChI is InChI=1S/C27H22Cl2N2O5/c1-3-33-17-7-5-15(6-8-17)24-19-10-9-18(13-23(19)36-26(31)20(24)14-30)35-27(32)16-11-21(28)25(34-4-2)22(29)12-16/h5-13,24H,3-4,31H2,1-2H3. The lowest BCUT2D eigenvalue weighted by Crippen LogP contribution is -2.21. The van der Waals surface area contributed by atoms with E-state index in [4.69, 9.17) is 47.9 Å². The van der Waals surface area contributed by atoms with Crippen molar-refractivity contribution in [1.82, 2.24) is 0 Å². The zero-order valence-corrected chi connectivity index (χ0v) is 21.0. The maximum absolute atomic E-state index is 12.8. The molecule has 3 aromatic rings. The number of hydrogen-bond acceptors (Lipinski definition) is 7. The largest absolute Gasteiger partial charge is 0.494 e. The highest BCUT2D eigenvalue weighted by Crippen LogP contribution is 2.44. The van der Waals surface area contributed by atoms with Crippen molar-refractivity contribution in [2.75, 3.05) is 13.2 Å².